The molecular formula is C25H16F4. The van der Waals surface area contributed by atoms with Crippen molar-refractivity contribution >= 4 is 0 Å². The van der Waals surface area contributed by atoms with Crippen LogP contribution in [-0.2, 0) is 0 Å². The maximum Gasteiger partial charge on any atom is 0.143 e. The summed E-state index contributed by atoms with van der Waals surface area (Å²) >= 11 is 0. The van der Waals surface area contributed by atoms with Crippen LogP contribution < -0.4 is 0 Å². The summed E-state index contributed by atoms with van der Waals surface area (Å²) in [5.74, 6) is 7.13. The van der Waals surface area contributed by atoms with Crippen molar-refractivity contribution in [1.82, 2.24) is 0 Å². The summed E-state index contributed by atoms with van der Waals surface area (Å²) in [6.45, 7) is 5.20. The molecule has 0 aromatic heterocycles. The molecule has 0 spiro atoms. The van der Waals surface area contributed by atoms with Crippen LogP contribution in [0.15, 0.2) is 42.5 Å². The van der Waals surface area contributed by atoms with Gasteiger partial charge in [-0.3, -0.25) is 0 Å². The molecule has 3 aromatic rings. The molecule has 4 heteroatoms. The van der Waals surface area contributed by atoms with Gasteiger partial charge in [0.15, 0.2) is 0 Å². The summed E-state index contributed by atoms with van der Waals surface area (Å²) in [7, 11) is 0. The largest absolute Gasteiger partial charge is 0.207 e. The fraction of sp³-hybridized carbons (Fsp3) is 0.120. The van der Waals surface area contributed by atoms with Gasteiger partial charge in [0.2, 0.25) is 0 Å². The van der Waals surface area contributed by atoms with Crippen LogP contribution in [0.1, 0.15) is 38.9 Å². The molecule has 29 heavy (non-hydrogen) atoms. The van der Waals surface area contributed by atoms with Crippen LogP contribution in [-0.4, -0.2) is 0 Å². The third kappa shape index (κ3) is 4.68. The number of benzene rings is 3. The fourth-order valence-corrected chi connectivity index (χ4v) is 2.58. The summed E-state index contributed by atoms with van der Waals surface area (Å²) in [4.78, 5) is 0. The highest BCUT2D eigenvalue weighted by molar-refractivity contribution is 5.50. The van der Waals surface area contributed by atoms with Crippen LogP contribution in [0.25, 0.3) is 0 Å². The lowest BCUT2D eigenvalue weighted by atomic mass is 10.1. The van der Waals surface area contributed by atoms with E-state index < -0.39 is 23.3 Å². The topological polar surface area (TPSA) is 0 Å². The highest BCUT2D eigenvalue weighted by atomic mass is 19.1. The molecule has 0 saturated carbocycles. The minimum atomic E-state index is -0.855. The summed E-state index contributed by atoms with van der Waals surface area (Å²) in [6.07, 6.45) is 0. The molecule has 0 fully saturated rings. The zero-order chi connectivity index (χ0) is 21.1. The van der Waals surface area contributed by atoms with Crippen LogP contribution in [0.3, 0.4) is 0 Å². The molecule has 3 rings (SSSR count). The molecule has 0 heterocycles. The van der Waals surface area contributed by atoms with Crippen molar-refractivity contribution < 1.29 is 17.6 Å². The number of hydrogen-bond acceptors (Lipinski definition) is 0. The van der Waals surface area contributed by atoms with Crippen LogP contribution in [0, 0.1) is 67.7 Å². The van der Waals surface area contributed by atoms with Crippen LogP contribution >= 0.6 is 0 Å². The Balaban J connectivity index is 1.91. The number of rotatable bonds is 0. The number of hydrogen-bond donors (Lipinski definition) is 0. The minimum absolute atomic E-state index is 0.0399. The van der Waals surface area contributed by atoms with E-state index in [4.69, 9.17) is 0 Å². The first-order valence-electron chi connectivity index (χ1n) is 8.80. The molecular weight excluding hydrogens is 376 g/mol. The van der Waals surface area contributed by atoms with E-state index in [0.29, 0.717) is 5.56 Å². The van der Waals surface area contributed by atoms with Crippen molar-refractivity contribution in [2.24, 2.45) is 0 Å². The summed E-state index contributed by atoms with van der Waals surface area (Å²) in [5.41, 5.74) is 2.43. The summed E-state index contributed by atoms with van der Waals surface area (Å²) < 4.78 is 55.8. The zero-order valence-electron chi connectivity index (χ0n) is 16.1. The van der Waals surface area contributed by atoms with Crippen molar-refractivity contribution in [1.29, 1.82) is 0 Å². The predicted molar refractivity (Wildman–Crippen MR) is 105 cm³/mol. The molecule has 0 atom stereocenters. The smallest absolute Gasteiger partial charge is 0.143 e. The minimum Gasteiger partial charge on any atom is -0.207 e. The molecule has 0 nitrogen and oxygen atoms in total. The Bertz CT molecular complexity index is 1190. The van der Waals surface area contributed by atoms with Crippen molar-refractivity contribution in [3.8, 4) is 23.7 Å². The van der Waals surface area contributed by atoms with E-state index in [-0.39, 0.29) is 22.3 Å². The molecule has 0 aliphatic heterocycles. The third-order valence-corrected chi connectivity index (χ3v) is 4.51. The first-order chi connectivity index (χ1) is 13.7. The standard InChI is InChI=1S/C25H16F4/c1-15-4-5-18(10-16(15)2)8-9-21-24(28)13-20(14-25(21)29)7-6-19-11-22(26)17(3)23(27)12-19/h4-5,10-14H,1-3H3. The maximum absolute atomic E-state index is 14.3. The van der Waals surface area contributed by atoms with E-state index in [0.717, 1.165) is 35.4 Å². The van der Waals surface area contributed by atoms with Gasteiger partial charge >= 0.3 is 0 Å². The molecule has 0 unspecified atom stereocenters. The average molecular weight is 392 g/mol. The summed E-state index contributed by atoms with van der Waals surface area (Å²) in [5, 5.41) is 0. The zero-order valence-corrected chi connectivity index (χ0v) is 16.1. The predicted octanol–water partition coefficient (Wildman–Crippen LogP) is 5.97. The van der Waals surface area contributed by atoms with Crippen LogP contribution in [0.2, 0.25) is 0 Å². The van der Waals surface area contributed by atoms with E-state index >= 15 is 0 Å². The Labute approximate surface area is 167 Å². The van der Waals surface area contributed by atoms with Gasteiger partial charge in [-0.1, -0.05) is 29.7 Å². The van der Waals surface area contributed by atoms with Gasteiger partial charge in [-0.2, -0.15) is 0 Å². The van der Waals surface area contributed by atoms with Crippen LogP contribution in [0.4, 0.5) is 17.6 Å². The molecule has 3 aromatic carbocycles. The van der Waals surface area contributed by atoms with Gasteiger partial charge < -0.3 is 0 Å². The second-order valence-corrected chi connectivity index (χ2v) is 6.68. The van der Waals surface area contributed by atoms with Crippen molar-refractivity contribution in [3.63, 3.8) is 0 Å². The third-order valence-electron chi connectivity index (χ3n) is 4.51. The molecule has 0 bridgehead atoms. The number of aryl methyl sites for hydroxylation is 2. The van der Waals surface area contributed by atoms with Gasteiger partial charge in [0, 0.05) is 22.3 Å². The van der Waals surface area contributed by atoms with Gasteiger partial charge in [-0.15, -0.1) is 0 Å². The van der Waals surface area contributed by atoms with E-state index in [1.807, 2.05) is 26.0 Å². The Morgan fingerprint density at radius 1 is 0.517 bits per heavy atom. The van der Waals surface area contributed by atoms with Crippen LogP contribution in [0.5, 0.6) is 0 Å². The quantitative estimate of drug-likeness (QED) is 0.327. The van der Waals surface area contributed by atoms with Crippen molar-refractivity contribution in [2.45, 2.75) is 20.8 Å². The van der Waals surface area contributed by atoms with E-state index in [1.54, 1.807) is 6.07 Å². The molecule has 144 valence electrons. The van der Waals surface area contributed by atoms with Crippen molar-refractivity contribution in [2.75, 3.05) is 0 Å². The molecule has 0 amide bonds. The maximum atomic E-state index is 14.3. The number of halogens is 4. The monoisotopic (exact) mass is 392 g/mol. The van der Waals surface area contributed by atoms with Gasteiger partial charge in [0.05, 0.1) is 5.56 Å². The Kier molecular flexibility index (Phi) is 5.76. The summed E-state index contributed by atoms with van der Waals surface area (Å²) in [6, 6.07) is 9.75. The first kappa shape index (κ1) is 20.2. The molecule has 0 saturated heterocycles. The van der Waals surface area contributed by atoms with E-state index in [9.17, 15) is 17.6 Å². The second kappa shape index (κ2) is 8.25. The lowest BCUT2D eigenvalue weighted by Gasteiger charge is -2.01. The van der Waals surface area contributed by atoms with E-state index in [2.05, 4.69) is 23.7 Å². The highest BCUT2D eigenvalue weighted by Gasteiger charge is 2.09. The Morgan fingerprint density at radius 2 is 1.00 bits per heavy atom. The second-order valence-electron chi connectivity index (χ2n) is 6.68. The molecule has 0 N–H and O–H groups in total. The van der Waals surface area contributed by atoms with Gasteiger partial charge in [-0.25, -0.2) is 17.6 Å². The Hall–Kier alpha value is -3.50. The highest BCUT2D eigenvalue weighted by Crippen LogP contribution is 2.16. The lowest BCUT2D eigenvalue weighted by Crippen LogP contribution is -1.93. The Morgan fingerprint density at radius 3 is 1.52 bits per heavy atom. The molecule has 0 radical (unpaired) electrons. The molecule has 0 aliphatic rings. The van der Waals surface area contributed by atoms with Gasteiger partial charge in [-0.05, 0) is 68.3 Å². The van der Waals surface area contributed by atoms with Crippen molar-refractivity contribution in [3.05, 3.63) is 105 Å². The SMILES string of the molecule is Cc1ccc(C#Cc2c(F)cc(C#Cc3cc(F)c(C)c(F)c3)cc2F)cc1C. The lowest BCUT2D eigenvalue weighted by molar-refractivity contribution is 0.567. The molecule has 0 aliphatic carbocycles. The van der Waals surface area contributed by atoms with E-state index in [1.165, 1.54) is 6.92 Å². The van der Waals surface area contributed by atoms with Gasteiger partial charge in [0.1, 0.15) is 23.3 Å². The van der Waals surface area contributed by atoms with Gasteiger partial charge in [0.25, 0.3) is 0 Å². The average Bonchev–Trinajstić information content (AvgIpc) is 2.66. The fourth-order valence-electron chi connectivity index (χ4n) is 2.58. The first-order valence-corrected chi connectivity index (χ1v) is 8.80. The normalized spacial score (nSPS) is 10.0.